The highest BCUT2D eigenvalue weighted by atomic mass is 16.6. The Morgan fingerprint density at radius 1 is 0.909 bits per heavy atom. The van der Waals surface area contributed by atoms with Gasteiger partial charge in [0.05, 0.1) is 23.8 Å². The second-order valence-corrected chi connectivity index (χ2v) is 6.06. The van der Waals surface area contributed by atoms with Crippen LogP contribution in [0.2, 0.25) is 0 Å². The van der Waals surface area contributed by atoms with Crippen LogP contribution in [0.1, 0.15) is 40.5 Å². The van der Waals surface area contributed by atoms with Crippen LogP contribution in [0.25, 0.3) is 0 Å². The topological polar surface area (TPSA) is 208 Å². The van der Waals surface area contributed by atoms with E-state index in [2.05, 4.69) is 4.74 Å². The maximum absolute atomic E-state index is 10.4. The van der Waals surface area contributed by atoms with Crippen LogP contribution in [0.15, 0.2) is 36.4 Å². The lowest BCUT2D eigenvalue weighted by Gasteiger charge is -1.99. The molecule has 0 fully saturated rings. The first-order valence-electron chi connectivity index (χ1n) is 9.67. The smallest absolute Gasteiger partial charge is 0.338 e. The Kier molecular flexibility index (Phi) is 20.1. The van der Waals surface area contributed by atoms with Crippen LogP contribution in [-0.4, -0.2) is 93.7 Å². The lowest BCUT2D eigenvalue weighted by molar-refractivity contribution is -0.150. The maximum atomic E-state index is 10.4. The third-order valence-corrected chi connectivity index (χ3v) is 3.07. The number of carbonyl (C=O) groups is 4. The predicted molar refractivity (Wildman–Crippen MR) is 114 cm³/mol. The Balaban J connectivity index is 0. The van der Waals surface area contributed by atoms with Crippen molar-refractivity contribution in [2.24, 2.45) is 0 Å². The van der Waals surface area contributed by atoms with Gasteiger partial charge in [-0.15, -0.1) is 0 Å². The van der Waals surface area contributed by atoms with Crippen molar-refractivity contribution in [2.75, 3.05) is 33.0 Å². The lowest BCUT2D eigenvalue weighted by atomic mass is 10.1. The molecule has 12 nitrogen and oxygen atoms in total. The van der Waals surface area contributed by atoms with Crippen molar-refractivity contribution in [3.8, 4) is 0 Å². The Hall–Kier alpha value is -3.16. The monoisotopic (exact) mass is 474 g/mol. The molecule has 1 aliphatic rings. The van der Waals surface area contributed by atoms with Crippen LogP contribution < -0.4 is 0 Å². The van der Waals surface area contributed by atoms with Crippen molar-refractivity contribution >= 4 is 23.9 Å². The summed E-state index contributed by atoms with van der Waals surface area (Å²) in [5.74, 6) is -3.41. The molecule has 1 heterocycles. The quantitative estimate of drug-likeness (QED) is 0.157. The van der Waals surface area contributed by atoms with Gasteiger partial charge in [0, 0.05) is 38.6 Å². The Morgan fingerprint density at radius 3 is 1.55 bits per heavy atom. The number of aliphatic hydroxyl groups excluding tert-OH is 4. The van der Waals surface area contributed by atoms with E-state index in [1.165, 1.54) is 25.1 Å². The van der Waals surface area contributed by atoms with E-state index in [9.17, 15) is 19.2 Å². The summed E-state index contributed by atoms with van der Waals surface area (Å²) in [5.41, 5.74) is -0.0372. The van der Waals surface area contributed by atoms with Gasteiger partial charge in [-0.25, -0.2) is 19.2 Å². The van der Waals surface area contributed by atoms with Gasteiger partial charge in [-0.3, -0.25) is 0 Å². The molecule has 1 aromatic rings. The minimum Gasteiger partial charge on any atom is -0.478 e. The highest BCUT2D eigenvalue weighted by Gasteiger charge is 2.10. The third-order valence-electron chi connectivity index (χ3n) is 3.07. The first-order valence-corrected chi connectivity index (χ1v) is 9.67. The number of hydrogen-bond acceptors (Lipinski definition) is 10. The van der Waals surface area contributed by atoms with Crippen LogP contribution in [0.3, 0.4) is 0 Å². The molecular weight excluding hydrogens is 444 g/mol. The molecule has 0 radical (unpaired) electrons. The molecule has 186 valence electrons. The van der Waals surface area contributed by atoms with E-state index in [-0.39, 0.29) is 30.9 Å². The Bertz CT molecular complexity index is 691. The van der Waals surface area contributed by atoms with Crippen LogP contribution in [0, 0.1) is 0 Å². The predicted octanol–water partition coefficient (Wildman–Crippen LogP) is -0.164. The number of carboxylic acid groups (broad SMARTS) is 2. The number of esters is 2. The summed E-state index contributed by atoms with van der Waals surface area (Å²) in [5, 5.41) is 49.6. The number of rotatable bonds is 9. The largest absolute Gasteiger partial charge is 0.478 e. The average molecular weight is 474 g/mol. The molecule has 1 unspecified atom stereocenters. The average Bonchev–Trinajstić information content (AvgIpc) is 3.17. The van der Waals surface area contributed by atoms with E-state index in [1.54, 1.807) is 0 Å². The van der Waals surface area contributed by atoms with E-state index in [0.717, 1.165) is 18.2 Å². The van der Waals surface area contributed by atoms with Gasteiger partial charge in [0.15, 0.2) is 0 Å². The van der Waals surface area contributed by atoms with Crippen LogP contribution in [0.4, 0.5) is 0 Å². The number of aliphatic hydroxyl groups is 4. The molecule has 0 saturated carbocycles. The molecule has 0 saturated heterocycles. The fraction of sp³-hybridized carbons (Fsp3) is 0.429. The van der Waals surface area contributed by atoms with Gasteiger partial charge in [-0.1, -0.05) is 6.07 Å². The number of carboxylic acids is 2. The van der Waals surface area contributed by atoms with Gasteiger partial charge in [0.1, 0.15) is 0 Å². The number of benzene rings is 1. The molecule has 12 heteroatoms. The highest BCUT2D eigenvalue weighted by molar-refractivity contribution is 6.04. The second kappa shape index (κ2) is 20.7. The number of hydrogen-bond donors (Lipinski definition) is 6. The van der Waals surface area contributed by atoms with Crippen molar-refractivity contribution < 1.29 is 59.3 Å². The van der Waals surface area contributed by atoms with Gasteiger partial charge in [0.25, 0.3) is 0 Å². The van der Waals surface area contributed by atoms with E-state index in [4.69, 9.17) is 35.4 Å². The summed E-state index contributed by atoms with van der Waals surface area (Å²) in [6.45, 7) is 2.94. The summed E-state index contributed by atoms with van der Waals surface area (Å²) in [7, 11) is 0. The first-order chi connectivity index (χ1) is 15.6. The van der Waals surface area contributed by atoms with Crippen molar-refractivity contribution in [1.29, 1.82) is 0 Å². The number of aromatic carboxylic acids is 2. The highest BCUT2D eigenvalue weighted by Crippen LogP contribution is 2.04. The summed E-state index contributed by atoms with van der Waals surface area (Å²) in [6.07, 6.45) is 2.98. The fourth-order valence-corrected chi connectivity index (χ4v) is 1.52. The Morgan fingerprint density at radius 2 is 1.30 bits per heavy atom. The maximum Gasteiger partial charge on any atom is 0.338 e. The Labute approximate surface area is 190 Å². The van der Waals surface area contributed by atoms with E-state index < -0.39 is 30.0 Å². The summed E-state index contributed by atoms with van der Waals surface area (Å²) in [4.78, 5) is 40.6. The van der Waals surface area contributed by atoms with Crippen LogP contribution >= 0.6 is 0 Å². The van der Waals surface area contributed by atoms with Crippen LogP contribution in [0.5, 0.6) is 0 Å². The third kappa shape index (κ3) is 20.5. The summed E-state index contributed by atoms with van der Waals surface area (Å²) >= 11 is 0. The molecule has 0 aliphatic carbocycles. The zero-order chi connectivity index (χ0) is 25.6. The summed E-state index contributed by atoms with van der Waals surface area (Å²) < 4.78 is 8.97. The fourth-order valence-electron chi connectivity index (χ4n) is 1.52. The van der Waals surface area contributed by atoms with Gasteiger partial charge in [-0.05, 0) is 38.0 Å². The van der Waals surface area contributed by atoms with Crippen molar-refractivity contribution in [3.63, 3.8) is 0 Å². The van der Waals surface area contributed by atoms with Crippen molar-refractivity contribution in [2.45, 2.75) is 25.9 Å². The first kappa shape index (κ1) is 32.0. The molecule has 0 bridgehead atoms. The zero-order valence-electron chi connectivity index (χ0n) is 18.1. The van der Waals surface area contributed by atoms with Gasteiger partial charge >= 0.3 is 23.9 Å². The number of cyclic esters (lactones) is 2. The molecule has 1 atom stereocenters. The molecular formula is C21H30O12. The van der Waals surface area contributed by atoms with E-state index in [1.807, 2.05) is 0 Å². The van der Waals surface area contributed by atoms with Gasteiger partial charge in [0.2, 0.25) is 0 Å². The summed E-state index contributed by atoms with van der Waals surface area (Å²) in [6, 6.07) is 5.20. The van der Waals surface area contributed by atoms with Crippen molar-refractivity contribution in [3.05, 3.63) is 47.5 Å². The lowest BCUT2D eigenvalue weighted by Crippen LogP contribution is -2.03. The minimum absolute atomic E-state index is 0.0186. The number of ether oxygens (including phenoxy) is 2. The minimum atomic E-state index is -1.13. The van der Waals surface area contributed by atoms with E-state index in [0.29, 0.717) is 26.1 Å². The normalized spacial score (nSPS) is 12.2. The van der Waals surface area contributed by atoms with Crippen LogP contribution in [-0.2, 0) is 19.1 Å². The van der Waals surface area contributed by atoms with E-state index >= 15 is 0 Å². The molecule has 1 aromatic carbocycles. The van der Waals surface area contributed by atoms with Gasteiger partial charge < -0.3 is 40.1 Å². The molecule has 0 amide bonds. The molecule has 6 N–H and O–H groups in total. The molecule has 33 heavy (non-hydrogen) atoms. The van der Waals surface area contributed by atoms with Gasteiger partial charge in [-0.2, -0.15) is 0 Å². The standard InChI is InChI=1S/C8H6O4.C6H14O3.C4H2O3.C3H8O2/c9-7(10)5-2-1-3-6(4-5)8(11)12;7-3-1-5-9-6-2-4-8;5-3-1-2-4(6)7-3;1-3(5)2-4/h1-4H,(H,9,10)(H,11,12);7-8H,1-6H2;1-2H;3-5H,2H2,1H3. The molecule has 0 spiro atoms. The molecule has 1 aliphatic heterocycles. The zero-order valence-corrected chi connectivity index (χ0v) is 18.1. The second-order valence-electron chi connectivity index (χ2n) is 6.06. The SMILES string of the molecule is CC(O)CO.O=C(O)c1cccc(C(=O)O)c1.O=C1C=CC(=O)O1.OCCCOCCCO. The number of carbonyl (C=O) groups excluding carboxylic acids is 2. The molecule has 0 aromatic heterocycles. The van der Waals surface area contributed by atoms with Crippen molar-refractivity contribution in [1.82, 2.24) is 0 Å². The molecule has 2 rings (SSSR count).